The second kappa shape index (κ2) is 7.74. The number of phenolic OH excluding ortho intramolecular Hbond substituents is 1. The number of aromatic hydroxyl groups is 1. The number of thioether (sulfide) groups is 1. The van der Waals surface area contributed by atoms with Crippen molar-refractivity contribution in [2.45, 2.75) is 17.2 Å². The van der Waals surface area contributed by atoms with Gasteiger partial charge in [0.15, 0.2) is 0 Å². The van der Waals surface area contributed by atoms with E-state index in [1.807, 2.05) is 42.5 Å². The minimum Gasteiger partial charge on any atom is -0.508 e. The molecule has 3 nitrogen and oxygen atoms in total. The molecule has 1 N–H and O–H groups in total. The Balaban J connectivity index is 2.05. The Bertz CT molecular complexity index is 566. The standard InChI is InChI=1S/C17H18O3S/c1-20-17(19)11-14(13-5-3-2-4-6-13)12-21-16-9-7-15(18)8-10-16/h2-10,14,18H,11-12H2,1H3. The molecule has 0 spiro atoms. The van der Waals surface area contributed by atoms with E-state index in [4.69, 9.17) is 4.74 Å². The lowest BCUT2D eigenvalue weighted by Gasteiger charge is -2.16. The van der Waals surface area contributed by atoms with Crippen LogP contribution in [-0.4, -0.2) is 23.9 Å². The van der Waals surface area contributed by atoms with Crippen LogP contribution in [0.5, 0.6) is 5.75 Å². The van der Waals surface area contributed by atoms with Gasteiger partial charge in [-0.1, -0.05) is 30.3 Å². The minimum atomic E-state index is -0.199. The van der Waals surface area contributed by atoms with Crippen molar-refractivity contribution in [1.82, 2.24) is 0 Å². The van der Waals surface area contributed by atoms with E-state index < -0.39 is 0 Å². The van der Waals surface area contributed by atoms with Crippen LogP contribution in [0.1, 0.15) is 17.9 Å². The summed E-state index contributed by atoms with van der Waals surface area (Å²) in [7, 11) is 1.41. The molecular weight excluding hydrogens is 284 g/mol. The molecule has 21 heavy (non-hydrogen) atoms. The lowest BCUT2D eigenvalue weighted by atomic mass is 9.98. The molecule has 0 bridgehead atoms. The van der Waals surface area contributed by atoms with E-state index >= 15 is 0 Å². The van der Waals surface area contributed by atoms with Gasteiger partial charge in [-0.05, 0) is 29.8 Å². The predicted octanol–water partition coefficient (Wildman–Crippen LogP) is 3.83. The summed E-state index contributed by atoms with van der Waals surface area (Å²) < 4.78 is 4.79. The zero-order chi connectivity index (χ0) is 15.1. The number of carbonyl (C=O) groups is 1. The van der Waals surface area contributed by atoms with E-state index in [0.29, 0.717) is 6.42 Å². The number of esters is 1. The molecule has 0 saturated heterocycles. The smallest absolute Gasteiger partial charge is 0.306 e. The molecule has 4 heteroatoms. The van der Waals surface area contributed by atoms with Gasteiger partial charge in [-0.25, -0.2) is 0 Å². The average Bonchev–Trinajstić information content (AvgIpc) is 2.53. The van der Waals surface area contributed by atoms with Crippen LogP contribution in [0, 0.1) is 0 Å². The first-order valence-corrected chi connectivity index (χ1v) is 7.71. The molecule has 1 unspecified atom stereocenters. The van der Waals surface area contributed by atoms with Crippen LogP contribution >= 0.6 is 11.8 Å². The maximum atomic E-state index is 11.6. The Morgan fingerprint density at radius 1 is 1.14 bits per heavy atom. The highest BCUT2D eigenvalue weighted by molar-refractivity contribution is 7.99. The molecule has 0 fully saturated rings. The summed E-state index contributed by atoms with van der Waals surface area (Å²) in [6.07, 6.45) is 0.367. The van der Waals surface area contributed by atoms with E-state index in [9.17, 15) is 9.90 Å². The number of carbonyl (C=O) groups excluding carboxylic acids is 1. The third-order valence-corrected chi connectivity index (χ3v) is 4.37. The first-order valence-electron chi connectivity index (χ1n) is 6.72. The topological polar surface area (TPSA) is 46.5 Å². The van der Waals surface area contributed by atoms with Crippen LogP contribution in [-0.2, 0) is 9.53 Å². The molecule has 0 heterocycles. The number of phenols is 1. The van der Waals surface area contributed by atoms with Crippen LogP contribution in [0.3, 0.4) is 0 Å². The second-order valence-corrected chi connectivity index (χ2v) is 5.79. The summed E-state index contributed by atoms with van der Waals surface area (Å²) in [4.78, 5) is 12.7. The maximum absolute atomic E-state index is 11.6. The zero-order valence-corrected chi connectivity index (χ0v) is 12.7. The van der Waals surface area contributed by atoms with Crippen molar-refractivity contribution in [2.75, 3.05) is 12.9 Å². The first kappa shape index (κ1) is 15.4. The van der Waals surface area contributed by atoms with Crippen LogP contribution in [0.4, 0.5) is 0 Å². The van der Waals surface area contributed by atoms with E-state index in [1.54, 1.807) is 23.9 Å². The molecule has 2 rings (SSSR count). The number of methoxy groups -OCH3 is 1. The molecule has 2 aromatic carbocycles. The molecular formula is C17H18O3S. The van der Waals surface area contributed by atoms with Crippen LogP contribution in [0.25, 0.3) is 0 Å². The van der Waals surface area contributed by atoms with Crippen molar-refractivity contribution in [3.8, 4) is 5.75 Å². The largest absolute Gasteiger partial charge is 0.508 e. The third kappa shape index (κ3) is 4.83. The summed E-state index contributed by atoms with van der Waals surface area (Å²) in [5, 5.41) is 9.29. The minimum absolute atomic E-state index is 0.109. The Labute approximate surface area is 129 Å². The highest BCUT2D eigenvalue weighted by atomic mass is 32.2. The Hall–Kier alpha value is -1.94. The summed E-state index contributed by atoms with van der Waals surface area (Å²) in [5.74, 6) is 0.949. The molecule has 1 atom stereocenters. The summed E-state index contributed by atoms with van der Waals surface area (Å²) in [5.41, 5.74) is 1.13. The van der Waals surface area contributed by atoms with Crippen molar-refractivity contribution in [1.29, 1.82) is 0 Å². The SMILES string of the molecule is COC(=O)CC(CSc1ccc(O)cc1)c1ccccc1. The fourth-order valence-electron chi connectivity index (χ4n) is 2.02. The third-order valence-electron chi connectivity index (χ3n) is 3.20. The molecule has 2 aromatic rings. The van der Waals surface area contributed by atoms with Gasteiger partial charge in [0.1, 0.15) is 5.75 Å². The van der Waals surface area contributed by atoms with Gasteiger partial charge in [0.25, 0.3) is 0 Å². The highest BCUT2D eigenvalue weighted by Gasteiger charge is 2.16. The van der Waals surface area contributed by atoms with E-state index in [2.05, 4.69) is 0 Å². The maximum Gasteiger partial charge on any atom is 0.306 e. The number of rotatable bonds is 6. The van der Waals surface area contributed by atoms with Crippen molar-refractivity contribution in [2.24, 2.45) is 0 Å². The molecule has 0 aliphatic heterocycles. The summed E-state index contributed by atoms with van der Waals surface area (Å²) in [6.45, 7) is 0. The predicted molar refractivity (Wildman–Crippen MR) is 84.6 cm³/mol. The molecule has 0 radical (unpaired) electrons. The van der Waals surface area contributed by atoms with Crippen LogP contribution in [0.15, 0.2) is 59.5 Å². The van der Waals surface area contributed by atoms with Crippen LogP contribution < -0.4 is 0 Å². The number of ether oxygens (including phenoxy) is 1. The van der Waals surface area contributed by atoms with Gasteiger partial charge in [-0.2, -0.15) is 0 Å². The summed E-state index contributed by atoms with van der Waals surface area (Å²) in [6, 6.07) is 17.1. The lowest BCUT2D eigenvalue weighted by molar-refractivity contribution is -0.140. The average molecular weight is 302 g/mol. The number of benzene rings is 2. The van der Waals surface area contributed by atoms with Gasteiger partial charge in [0.05, 0.1) is 13.5 Å². The van der Waals surface area contributed by atoms with Crippen molar-refractivity contribution < 1.29 is 14.6 Å². The van der Waals surface area contributed by atoms with Crippen molar-refractivity contribution >= 4 is 17.7 Å². The molecule has 0 aliphatic carbocycles. The molecule has 0 amide bonds. The Morgan fingerprint density at radius 2 is 1.81 bits per heavy atom. The number of hydrogen-bond donors (Lipinski definition) is 1. The first-order chi connectivity index (χ1) is 10.2. The van der Waals surface area contributed by atoms with Gasteiger partial charge in [0.2, 0.25) is 0 Å². The van der Waals surface area contributed by atoms with Crippen LogP contribution in [0.2, 0.25) is 0 Å². The molecule has 110 valence electrons. The fraction of sp³-hybridized carbons (Fsp3) is 0.235. The molecule has 0 aliphatic rings. The van der Waals surface area contributed by atoms with Gasteiger partial charge >= 0.3 is 5.97 Å². The highest BCUT2D eigenvalue weighted by Crippen LogP contribution is 2.29. The monoisotopic (exact) mass is 302 g/mol. The van der Waals surface area contributed by atoms with E-state index in [1.165, 1.54) is 7.11 Å². The fourth-order valence-corrected chi connectivity index (χ4v) is 3.05. The van der Waals surface area contributed by atoms with Gasteiger partial charge in [-0.3, -0.25) is 4.79 Å². The zero-order valence-electron chi connectivity index (χ0n) is 11.9. The Morgan fingerprint density at radius 3 is 2.43 bits per heavy atom. The van der Waals surface area contributed by atoms with Gasteiger partial charge in [-0.15, -0.1) is 11.8 Å². The molecule has 0 aromatic heterocycles. The normalized spacial score (nSPS) is 11.9. The Kier molecular flexibility index (Phi) is 5.69. The van der Waals surface area contributed by atoms with Crippen molar-refractivity contribution in [3.05, 3.63) is 60.2 Å². The molecule has 0 saturated carbocycles. The van der Waals surface area contributed by atoms with Crippen molar-refractivity contribution in [3.63, 3.8) is 0 Å². The second-order valence-electron chi connectivity index (χ2n) is 4.69. The quantitative estimate of drug-likeness (QED) is 0.650. The van der Waals surface area contributed by atoms with Gasteiger partial charge in [0, 0.05) is 16.6 Å². The van der Waals surface area contributed by atoms with E-state index in [-0.39, 0.29) is 17.6 Å². The number of hydrogen-bond acceptors (Lipinski definition) is 4. The summed E-state index contributed by atoms with van der Waals surface area (Å²) >= 11 is 1.67. The van der Waals surface area contributed by atoms with E-state index in [0.717, 1.165) is 16.2 Å². The van der Waals surface area contributed by atoms with Gasteiger partial charge < -0.3 is 9.84 Å². The lowest BCUT2D eigenvalue weighted by Crippen LogP contribution is -2.10.